The van der Waals surface area contributed by atoms with Gasteiger partial charge in [0.05, 0.1) is 17.9 Å². The summed E-state index contributed by atoms with van der Waals surface area (Å²) in [6, 6.07) is 7.60. The number of aryl methyl sites for hydroxylation is 1. The summed E-state index contributed by atoms with van der Waals surface area (Å²) in [4.78, 5) is 11.8. The van der Waals surface area contributed by atoms with Crippen molar-refractivity contribution >= 4 is 5.97 Å². The van der Waals surface area contributed by atoms with Gasteiger partial charge in [-0.15, -0.1) is 0 Å². The Kier molecular flexibility index (Phi) is 3.80. The molecule has 0 saturated heterocycles. The smallest absolute Gasteiger partial charge is 0.357 e. The predicted octanol–water partition coefficient (Wildman–Crippen LogP) is 2.37. The largest absolute Gasteiger partial charge is 0.461 e. The molecule has 1 aromatic heterocycles. The molecule has 1 heterocycles. The van der Waals surface area contributed by atoms with E-state index >= 15 is 0 Å². The van der Waals surface area contributed by atoms with E-state index in [4.69, 9.17) is 10.00 Å². The molecule has 2 rings (SSSR count). The summed E-state index contributed by atoms with van der Waals surface area (Å²) >= 11 is 0. The van der Waals surface area contributed by atoms with Gasteiger partial charge in [-0.3, -0.25) is 0 Å². The lowest BCUT2D eigenvalue weighted by Crippen LogP contribution is -2.13. The molecule has 0 atom stereocenters. The molecule has 2 aromatic rings. The Bertz CT molecular complexity index is 701. The molecule has 5 nitrogen and oxygen atoms in total. The van der Waals surface area contributed by atoms with Crippen LogP contribution in [0.15, 0.2) is 24.3 Å². The summed E-state index contributed by atoms with van der Waals surface area (Å²) in [5.41, 5.74) is 0.610. The molecule has 102 valence electrons. The fourth-order valence-electron chi connectivity index (χ4n) is 1.80. The van der Waals surface area contributed by atoms with Crippen LogP contribution in [-0.4, -0.2) is 22.4 Å². The van der Waals surface area contributed by atoms with Crippen molar-refractivity contribution in [2.45, 2.75) is 13.8 Å². The minimum Gasteiger partial charge on any atom is -0.461 e. The number of carbonyl (C=O) groups is 1. The molecule has 0 saturated carbocycles. The second-order valence-electron chi connectivity index (χ2n) is 4.05. The number of esters is 1. The van der Waals surface area contributed by atoms with E-state index in [1.807, 2.05) is 0 Å². The van der Waals surface area contributed by atoms with E-state index in [1.54, 1.807) is 19.9 Å². The topological polar surface area (TPSA) is 67.9 Å². The van der Waals surface area contributed by atoms with Gasteiger partial charge in [-0.25, -0.2) is 13.9 Å². The Hall–Kier alpha value is -2.68. The van der Waals surface area contributed by atoms with Crippen LogP contribution in [0.2, 0.25) is 0 Å². The van der Waals surface area contributed by atoms with Gasteiger partial charge < -0.3 is 4.74 Å². The van der Waals surface area contributed by atoms with Crippen molar-refractivity contribution in [1.82, 2.24) is 9.78 Å². The highest BCUT2D eigenvalue weighted by Crippen LogP contribution is 2.19. The first-order chi connectivity index (χ1) is 9.58. The molecule has 0 unspecified atom stereocenters. The zero-order valence-electron chi connectivity index (χ0n) is 11.1. The van der Waals surface area contributed by atoms with Crippen molar-refractivity contribution in [3.63, 3.8) is 0 Å². The minimum atomic E-state index is -0.719. The lowest BCUT2D eigenvalue weighted by molar-refractivity contribution is 0.0515. The SMILES string of the molecule is CCOC(=O)c1cc(C)nn1-c1cccc(C#N)c1F. The van der Waals surface area contributed by atoms with Crippen molar-refractivity contribution in [3.8, 4) is 11.8 Å². The standard InChI is InChI=1S/C14H12FN3O2/c1-3-20-14(19)12-7-9(2)17-18(12)11-6-4-5-10(8-16)13(11)15/h4-7H,3H2,1-2H3. The maximum Gasteiger partial charge on any atom is 0.357 e. The number of halogens is 1. The van der Waals surface area contributed by atoms with E-state index < -0.39 is 11.8 Å². The summed E-state index contributed by atoms with van der Waals surface area (Å²) in [6.07, 6.45) is 0. The minimum absolute atomic E-state index is 0.0419. The van der Waals surface area contributed by atoms with Crippen LogP contribution >= 0.6 is 0 Å². The van der Waals surface area contributed by atoms with E-state index in [9.17, 15) is 9.18 Å². The first-order valence-corrected chi connectivity index (χ1v) is 6.01. The zero-order chi connectivity index (χ0) is 14.7. The number of carbonyl (C=O) groups excluding carboxylic acids is 1. The van der Waals surface area contributed by atoms with Crippen molar-refractivity contribution in [2.24, 2.45) is 0 Å². The lowest BCUT2D eigenvalue weighted by atomic mass is 10.2. The van der Waals surface area contributed by atoms with E-state index in [0.29, 0.717) is 5.69 Å². The number of nitriles is 1. The normalized spacial score (nSPS) is 10.1. The van der Waals surface area contributed by atoms with Crippen LogP contribution < -0.4 is 0 Å². The van der Waals surface area contributed by atoms with E-state index in [-0.39, 0.29) is 23.6 Å². The molecule has 0 aliphatic rings. The van der Waals surface area contributed by atoms with Gasteiger partial charge in [0.2, 0.25) is 0 Å². The Labute approximate surface area is 115 Å². The summed E-state index contributed by atoms with van der Waals surface area (Å²) in [5, 5.41) is 12.9. The van der Waals surface area contributed by atoms with Gasteiger partial charge in [0.25, 0.3) is 0 Å². The molecule has 0 fully saturated rings. The first kappa shape index (κ1) is 13.7. The van der Waals surface area contributed by atoms with Crippen LogP contribution in [0.3, 0.4) is 0 Å². The first-order valence-electron chi connectivity index (χ1n) is 6.01. The maximum atomic E-state index is 14.2. The van der Waals surface area contributed by atoms with Gasteiger partial charge in [-0.1, -0.05) is 6.07 Å². The molecule has 0 aliphatic heterocycles. The fourth-order valence-corrected chi connectivity index (χ4v) is 1.80. The number of hydrogen-bond donors (Lipinski definition) is 0. The number of benzene rings is 1. The van der Waals surface area contributed by atoms with Crippen molar-refractivity contribution in [2.75, 3.05) is 6.61 Å². The van der Waals surface area contributed by atoms with Gasteiger partial charge in [0.15, 0.2) is 11.5 Å². The van der Waals surface area contributed by atoms with Crippen molar-refractivity contribution < 1.29 is 13.9 Å². The van der Waals surface area contributed by atoms with Gasteiger partial charge in [0, 0.05) is 0 Å². The zero-order valence-corrected chi connectivity index (χ0v) is 11.1. The summed E-state index contributed by atoms with van der Waals surface area (Å²) in [6.45, 7) is 3.58. The van der Waals surface area contributed by atoms with E-state index in [0.717, 1.165) is 4.68 Å². The number of ether oxygens (including phenoxy) is 1. The average molecular weight is 273 g/mol. The van der Waals surface area contributed by atoms with Gasteiger partial charge in [-0.05, 0) is 32.0 Å². The summed E-state index contributed by atoms with van der Waals surface area (Å²) in [5.74, 6) is -1.31. The highest BCUT2D eigenvalue weighted by atomic mass is 19.1. The molecule has 0 radical (unpaired) electrons. The van der Waals surface area contributed by atoms with Crippen LogP contribution in [0.4, 0.5) is 4.39 Å². The Morgan fingerprint density at radius 1 is 1.55 bits per heavy atom. The summed E-state index contributed by atoms with van der Waals surface area (Å²) < 4.78 is 20.2. The Morgan fingerprint density at radius 2 is 2.30 bits per heavy atom. The Morgan fingerprint density at radius 3 is 2.95 bits per heavy atom. The van der Waals surface area contributed by atoms with Crippen LogP contribution in [0, 0.1) is 24.1 Å². The summed E-state index contributed by atoms with van der Waals surface area (Å²) in [7, 11) is 0. The molecule has 0 aliphatic carbocycles. The van der Waals surface area contributed by atoms with E-state index in [2.05, 4.69) is 5.10 Å². The van der Waals surface area contributed by atoms with Gasteiger partial charge in [-0.2, -0.15) is 10.4 Å². The van der Waals surface area contributed by atoms with Crippen LogP contribution in [0.1, 0.15) is 28.7 Å². The average Bonchev–Trinajstić information content (AvgIpc) is 2.81. The molecule has 6 heteroatoms. The molecule has 0 amide bonds. The van der Waals surface area contributed by atoms with Crippen LogP contribution in [-0.2, 0) is 4.74 Å². The number of hydrogen-bond acceptors (Lipinski definition) is 4. The lowest BCUT2D eigenvalue weighted by Gasteiger charge is -2.08. The Balaban J connectivity index is 2.59. The van der Waals surface area contributed by atoms with Gasteiger partial charge >= 0.3 is 5.97 Å². The van der Waals surface area contributed by atoms with E-state index in [1.165, 1.54) is 24.3 Å². The van der Waals surface area contributed by atoms with Crippen molar-refractivity contribution in [1.29, 1.82) is 5.26 Å². The molecule has 20 heavy (non-hydrogen) atoms. The number of aromatic nitrogens is 2. The molecular formula is C14H12FN3O2. The third-order valence-corrected chi connectivity index (χ3v) is 2.64. The van der Waals surface area contributed by atoms with Gasteiger partial charge in [0.1, 0.15) is 11.8 Å². The second-order valence-corrected chi connectivity index (χ2v) is 4.05. The third kappa shape index (κ3) is 2.38. The fraction of sp³-hybridized carbons (Fsp3) is 0.214. The predicted molar refractivity (Wildman–Crippen MR) is 68.9 cm³/mol. The van der Waals surface area contributed by atoms with Crippen LogP contribution in [0.5, 0.6) is 0 Å². The van der Waals surface area contributed by atoms with Crippen LogP contribution in [0.25, 0.3) is 5.69 Å². The number of rotatable bonds is 3. The maximum absolute atomic E-state index is 14.2. The molecule has 1 aromatic carbocycles. The highest BCUT2D eigenvalue weighted by molar-refractivity contribution is 5.88. The third-order valence-electron chi connectivity index (χ3n) is 2.64. The molecular weight excluding hydrogens is 261 g/mol. The van der Waals surface area contributed by atoms with Crippen molar-refractivity contribution in [3.05, 3.63) is 47.0 Å². The quantitative estimate of drug-likeness (QED) is 0.805. The molecule has 0 spiro atoms. The molecule has 0 N–H and O–H groups in total. The molecule has 0 bridgehead atoms. The highest BCUT2D eigenvalue weighted by Gasteiger charge is 2.19. The monoisotopic (exact) mass is 273 g/mol. The second kappa shape index (κ2) is 5.53. The number of nitrogens with zero attached hydrogens (tertiary/aromatic N) is 3.